The maximum atomic E-state index is 10.2. The summed E-state index contributed by atoms with van der Waals surface area (Å²) in [5, 5.41) is 14.8. The summed E-state index contributed by atoms with van der Waals surface area (Å²) >= 11 is 0. The van der Waals surface area contributed by atoms with Crippen molar-refractivity contribution in [1.82, 2.24) is 4.40 Å². The number of rotatable bonds is 6. The van der Waals surface area contributed by atoms with Gasteiger partial charge in [-0.15, -0.1) is 0 Å². The van der Waals surface area contributed by atoms with E-state index in [0.29, 0.717) is 11.3 Å². The van der Waals surface area contributed by atoms with E-state index in [4.69, 9.17) is 6.57 Å². The topological polar surface area (TPSA) is 39.0 Å². The molecule has 5 nitrogen and oxygen atoms in total. The summed E-state index contributed by atoms with van der Waals surface area (Å²) in [5.74, 6) is -0.0382. The van der Waals surface area contributed by atoms with E-state index in [1.165, 1.54) is 49.7 Å². The summed E-state index contributed by atoms with van der Waals surface area (Å²) in [5.41, 5.74) is 19.6. The van der Waals surface area contributed by atoms with E-state index in [1.54, 1.807) is 0 Å². The number of hydrogen-bond acceptors (Lipinski definition) is 3. The van der Waals surface area contributed by atoms with Gasteiger partial charge in [-0.05, 0) is 124 Å². The highest BCUT2D eigenvalue weighted by molar-refractivity contribution is 6.28. The van der Waals surface area contributed by atoms with Crippen molar-refractivity contribution in [2.75, 3.05) is 9.80 Å². The molecule has 13 rings (SSSR count). The number of benzene rings is 9. The van der Waals surface area contributed by atoms with Gasteiger partial charge in [0.1, 0.15) is 0 Å². The molecular weight excluding hydrogens is 755 g/mol. The third-order valence-electron chi connectivity index (χ3n) is 13.1. The number of aromatic nitrogens is 1. The van der Waals surface area contributed by atoms with Crippen LogP contribution < -0.4 is 9.80 Å². The maximum Gasteiger partial charge on any atom is 0.189 e. The normalized spacial score (nSPS) is 13.3. The van der Waals surface area contributed by atoms with Gasteiger partial charge in [0.2, 0.25) is 0 Å². The number of anilines is 6. The van der Waals surface area contributed by atoms with Crippen molar-refractivity contribution in [2.45, 2.75) is 5.92 Å². The van der Waals surface area contributed by atoms with Crippen molar-refractivity contribution in [3.63, 3.8) is 0 Å². The summed E-state index contributed by atoms with van der Waals surface area (Å²) in [6.07, 6.45) is 0. The van der Waals surface area contributed by atoms with Gasteiger partial charge in [-0.3, -0.25) is 0 Å². The van der Waals surface area contributed by atoms with Crippen LogP contribution in [-0.4, -0.2) is 4.40 Å². The van der Waals surface area contributed by atoms with Crippen LogP contribution in [0.3, 0.4) is 0 Å². The van der Waals surface area contributed by atoms with Gasteiger partial charge in [-0.25, -0.2) is 4.85 Å². The summed E-state index contributed by atoms with van der Waals surface area (Å²) < 4.78 is 2.41. The fourth-order valence-electron chi connectivity index (χ4n) is 10.7. The van der Waals surface area contributed by atoms with E-state index in [2.05, 4.69) is 207 Å². The molecule has 0 fully saturated rings. The Morgan fingerprint density at radius 1 is 0.500 bits per heavy atom. The van der Waals surface area contributed by atoms with Crippen LogP contribution in [0.4, 0.5) is 39.8 Å². The summed E-state index contributed by atoms with van der Waals surface area (Å²) in [6.45, 7) is 8.03. The molecular formula is C57H33N5. The molecule has 2 aliphatic carbocycles. The molecule has 1 atom stereocenters. The molecule has 11 aromatic rings. The van der Waals surface area contributed by atoms with Gasteiger partial charge in [-0.1, -0.05) is 103 Å². The van der Waals surface area contributed by atoms with Crippen molar-refractivity contribution >= 4 is 77.9 Å². The zero-order valence-electron chi connectivity index (χ0n) is 33.3. The average Bonchev–Trinajstić information content (AvgIpc) is 4.06. The van der Waals surface area contributed by atoms with E-state index < -0.39 is 0 Å². The van der Waals surface area contributed by atoms with Gasteiger partial charge >= 0.3 is 0 Å². The Balaban J connectivity index is 1.11. The zero-order valence-corrected chi connectivity index (χ0v) is 33.3. The van der Waals surface area contributed by atoms with Gasteiger partial charge in [0.05, 0.1) is 40.6 Å². The number of nitriles is 1. The van der Waals surface area contributed by atoms with E-state index in [0.717, 1.165) is 61.4 Å². The Bertz CT molecular complexity index is 3630. The quantitative estimate of drug-likeness (QED) is 0.158. The molecule has 286 valence electrons. The fraction of sp³-hybridized carbons (Fsp3) is 0.0175. The second-order valence-corrected chi connectivity index (χ2v) is 16.2. The molecule has 2 aromatic heterocycles. The molecule has 5 heteroatoms. The van der Waals surface area contributed by atoms with Crippen molar-refractivity contribution < 1.29 is 0 Å². The van der Waals surface area contributed by atoms with Crippen LogP contribution in [0.1, 0.15) is 28.2 Å². The Hall–Kier alpha value is -8.64. The Morgan fingerprint density at radius 2 is 1.05 bits per heavy atom. The first kappa shape index (κ1) is 34.2. The summed E-state index contributed by atoms with van der Waals surface area (Å²) in [4.78, 5) is 8.62. The number of nitrogens with zero attached hydrogens (tertiary/aromatic N) is 5. The molecule has 0 radical (unpaired) electrons. The van der Waals surface area contributed by atoms with Crippen LogP contribution in [0.25, 0.3) is 65.2 Å². The Labute approximate surface area is 358 Å². The summed E-state index contributed by atoms with van der Waals surface area (Å²) in [7, 11) is 0. The molecule has 0 amide bonds. The first-order valence-electron chi connectivity index (χ1n) is 20.9. The Morgan fingerprint density at radius 3 is 1.66 bits per heavy atom. The van der Waals surface area contributed by atoms with Crippen molar-refractivity contribution in [3.8, 4) is 28.3 Å². The molecule has 0 aliphatic heterocycles. The molecule has 0 spiro atoms. The van der Waals surface area contributed by atoms with Crippen LogP contribution in [-0.2, 0) is 0 Å². The molecule has 0 bridgehead atoms. The van der Waals surface area contributed by atoms with Gasteiger partial charge in [0.15, 0.2) is 5.69 Å². The smallest absolute Gasteiger partial charge is 0.189 e. The van der Waals surface area contributed by atoms with E-state index in [-0.39, 0.29) is 5.92 Å². The molecule has 0 N–H and O–H groups in total. The predicted molar refractivity (Wildman–Crippen MR) is 253 cm³/mol. The second-order valence-electron chi connectivity index (χ2n) is 16.2. The van der Waals surface area contributed by atoms with Crippen molar-refractivity contribution in [2.24, 2.45) is 0 Å². The first-order chi connectivity index (χ1) is 30.7. The lowest BCUT2D eigenvalue weighted by Gasteiger charge is -2.28. The van der Waals surface area contributed by atoms with Crippen LogP contribution in [0.2, 0.25) is 0 Å². The minimum Gasteiger partial charge on any atom is -0.310 e. The highest BCUT2D eigenvalue weighted by Gasteiger charge is 2.42. The first-order valence-corrected chi connectivity index (χ1v) is 20.9. The van der Waals surface area contributed by atoms with Gasteiger partial charge < -0.3 is 14.2 Å². The van der Waals surface area contributed by atoms with Crippen LogP contribution in [0, 0.1) is 17.9 Å². The molecule has 9 aromatic carbocycles. The van der Waals surface area contributed by atoms with Crippen LogP contribution in [0.5, 0.6) is 0 Å². The van der Waals surface area contributed by atoms with Crippen LogP contribution >= 0.6 is 0 Å². The number of fused-ring (bicyclic) bond motifs is 12. The highest BCUT2D eigenvalue weighted by Crippen LogP contribution is 2.62. The molecule has 0 saturated carbocycles. The maximum absolute atomic E-state index is 10.2. The minimum atomic E-state index is -0.0382. The van der Waals surface area contributed by atoms with E-state index >= 15 is 0 Å². The monoisotopic (exact) mass is 787 g/mol. The van der Waals surface area contributed by atoms with Crippen molar-refractivity contribution in [3.05, 3.63) is 228 Å². The van der Waals surface area contributed by atoms with Gasteiger partial charge in [0.25, 0.3) is 0 Å². The van der Waals surface area contributed by atoms with Gasteiger partial charge in [0, 0.05) is 61.3 Å². The second kappa shape index (κ2) is 12.9. The average molecular weight is 788 g/mol. The molecule has 1 unspecified atom stereocenters. The Kier molecular flexibility index (Phi) is 7.14. The standard InChI is InChI=1S/C57H33N5/c1-59-36-23-25-44-51(31-36)62-52-33-45-41-26-28-49(60(37-14-6-2-7-15-37)38-16-8-3-9-17-38)54-42-24-22-35(34-58)30-47(42)53(56(41)54)48(45)32-46(52)43-27-29-50(55(44)57(43)62)61(39-18-10-4-11-19-39)40-20-12-5-13-21-40/h2-33,53H. The molecule has 2 aliphatic rings. The SMILES string of the molecule is [C-]#[N+]c1ccc2c3c(N(c4ccccc4)c4ccccc4)ccc4c5cc6c(cc5n(c2c1)c43)-c1ccc(N(c2ccccc2)c2ccccc2)c2c1C6c1cc(C#N)ccc1-2. The molecule has 2 heterocycles. The van der Waals surface area contributed by atoms with Gasteiger partial charge in [-0.2, -0.15) is 5.26 Å². The van der Waals surface area contributed by atoms with E-state index in [9.17, 15) is 5.26 Å². The molecule has 0 saturated heterocycles. The lowest BCUT2D eigenvalue weighted by atomic mass is 9.91. The highest BCUT2D eigenvalue weighted by atomic mass is 15.2. The zero-order chi connectivity index (χ0) is 41.1. The summed E-state index contributed by atoms with van der Waals surface area (Å²) in [6, 6.07) is 71.1. The van der Waals surface area contributed by atoms with Crippen molar-refractivity contribution in [1.29, 1.82) is 5.26 Å². The lowest BCUT2D eigenvalue weighted by Crippen LogP contribution is -2.11. The number of para-hydroxylation sites is 4. The van der Waals surface area contributed by atoms with Crippen LogP contribution in [0.15, 0.2) is 194 Å². The third kappa shape index (κ3) is 4.65. The fourth-order valence-corrected chi connectivity index (χ4v) is 10.7. The number of hydrogen-bond donors (Lipinski definition) is 0. The lowest BCUT2D eigenvalue weighted by molar-refractivity contribution is 1.06. The third-order valence-corrected chi connectivity index (χ3v) is 13.1. The van der Waals surface area contributed by atoms with E-state index in [1.807, 2.05) is 12.1 Å². The molecule has 62 heavy (non-hydrogen) atoms. The predicted octanol–water partition coefficient (Wildman–Crippen LogP) is 15.3. The largest absolute Gasteiger partial charge is 0.310 e. The minimum absolute atomic E-state index is 0.0382.